The summed E-state index contributed by atoms with van der Waals surface area (Å²) in [7, 11) is 0. The number of benzene rings is 3. The van der Waals surface area contributed by atoms with Gasteiger partial charge in [0, 0.05) is 12.1 Å². The van der Waals surface area contributed by atoms with Crippen molar-refractivity contribution in [3.8, 4) is 0 Å². The van der Waals surface area contributed by atoms with E-state index in [1.165, 1.54) is 12.1 Å². The highest BCUT2D eigenvalue weighted by Gasteiger charge is 2.22. The second kappa shape index (κ2) is 11.7. The zero-order valence-electron chi connectivity index (χ0n) is 19.0. The smallest absolute Gasteiger partial charge is 0.251 e. The highest BCUT2D eigenvalue weighted by atomic mass is 19.1. The van der Waals surface area contributed by atoms with Crippen molar-refractivity contribution in [2.24, 2.45) is 11.7 Å². The van der Waals surface area contributed by atoms with Crippen LogP contribution in [-0.2, 0) is 16.0 Å². The zero-order valence-corrected chi connectivity index (χ0v) is 19.0. The predicted molar refractivity (Wildman–Crippen MR) is 128 cm³/mol. The molecular formula is C27H28FN3O3. The molecule has 3 rings (SSSR count). The van der Waals surface area contributed by atoms with Crippen LogP contribution in [0, 0.1) is 18.7 Å². The van der Waals surface area contributed by atoms with E-state index in [2.05, 4.69) is 10.6 Å². The van der Waals surface area contributed by atoms with Gasteiger partial charge in [0.1, 0.15) is 5.82 Å². The number of halogens is 1. The van der Waals surface area contributed by atoms with Crippen molar-refractivity contribution in [2.75, 3.05) is 6.54 Å². The summed E-state index contributed by atoms with van der Waals surface area (Å²) in [5.74, 6) is -2.19. The van der Waals surface area contributed by atoms with Gasteiger partial charge in [-0.1, -0.05) is 60.2 Å². The number of rotatable bonds is 10. The molecule has 0 aliphatic heterocycles. The number of amides is 3. The quantitative estimate of drug-likeness (QED) is 0.431. The number of hydrogen-bond acceptors (Lipinski definition) is 3. The molecule has 3 aromatic carbocycles. The Hall–Kier alpha value is -4.00. The average molecular weight is 462 g/mol. The number of carbonyl (C=O) groups is 3. The van der Waals surface area contributed by atoms with Crippen LogP contribution in [0.5, 0.6) is 0 Å². The lowest BCUT2D eigenvalue weighted by Gasteiger charge is -2.20. The molecule has 0 aliphatic carbocycles. The minimum Gasteiger partial charge on any atom is -0.369 e. The zero-order chi connectivity index (χ0) is 24.5. The Labute approximate surface area is 198 Å². The van der Waals surface area contributed by atoms with Crippen LogP contribution in [-0.4, -0.2) is 24.3 Å². The molecule has 0 fully saturated rings. The minimum atomic E-state index is -0.647. The second-order valence-corrected chi connectivity index (χ2v) is 8.24. The second-order valence-electron chi connectivity index (χ2n) is 8.24. The van der Waals surface area contributed by atoms with Crippen LogP contribution in [0.2, 0.25) is 0 Å². The van der Waals surface area contributed by atoms with E-state index < -0.39 is 17.9 Å². The van der Waals surface area contributed by atoms with Crippen LogP contribution in [0.3, 0.4) is 0 Å². The molecule has 0 aromatic heterocycles. The van der Waals surface area contributed by atoms with Crippen LogP contribution >= 0.6 is 0 Å². The first-order valence-electron chi connectivity index (χ1n) is 11.0. The van der Waals surface area contributed by atoms with Gasteiger partial charge in [-0.25, -0.2) is 4.39 Å². The summed E-state index contributed by atoms with van der Waals surface area (Å²) < 4.78 is 13.1. The molecule has 0 saturated heterocycles. The number of primary amides is 1. The fraction of sp³-hybridized carbons (Fsp3) is 0.222. The van der Waals surface area contributed by atoms with Gasteiger partial charge < -0.3 is 16.4 Å². The SMILES string of the molecule is Cc1ccc(C(=O)NC(CC(=O)NCC(Cc2ccc(F)cc2)C(N)=O)c2ccccc2)cc1. The predicted octanol–water partition coefficient (Wildman–Crippen LogP) is 3.46. The van der Waals surface area contributed by atoms with Crippen LogP contribution in [0.25, 0.3) is 0 Å². The van der Waals surface area contributed by atoms with Gasteiger partial charge in [0.2, 0.25) is 11.8 Å². The summed E-state index contributed by atoms with van der Waals surface area (Å²) in [4.78, 5) is 37.4. The lowest BCUT2D eigenvalue weighted by atomic mass is 9.98. The Kier molecular flexibility index (Phi) is 8.51. The van der Waals surface area contributed by atoms with Gasteiger partial charge in [0.25, 0.3) is 5.91 Å². The van der Waals surface area contributed by atoms with E-state index >= 15 is 0 Å². The van der Waals surface area contributed by atoms with Crippen LogP contribution in [0.1, 0.15) is 39.5 Å². The molecule has 0 saturated carbocycles. The monoisotopic (exact) mass is 461 g/mol. The summed E-state index contributed by atoms with van der Waals surface area (Å²) in [6.45, 7) is 1.98. The van der Waals surface area contributed by atoms with Gasteiger partial charge in [-0.3, -0.25) is 14.4 Å². The van der Waals surface area contributed by atoms with Crippen LogP contribution in [0.15, 0.2) is 78.9 Å². The fourth-order valence-electron chi connectivity index (χ4n) is 3.56. The van der Waals surface area contributed by atoms with Gasteiger partial charge in [0.05, 0.1) is 18.4 Å². The Morgan fingerprint density at radius 1 is 0.912 bits per heavy atom. The van der Waals surface area contributed by atoms with E-state index in [-0.39, 0.29) is 37.0 Å². The van der Waals surface area contributed by atoms with Crippen molar-refractivity contribution in [1.29, 1.82) is 0 Å². The molecule has 176 valence electrons. The fourth-order valence-corrected chi connectivity index (χ4v) is 3.56. The first-order chi connectivity index (χ1) is 16.3. The number of nitrogens with one attached hydrogen (secondary N) is 2. The summed E-state index contributed by atoms with van der Waals surface area (Å²) >= 11 is 0. The molecule has 7 heteroatoms. The van der Waals surface area contributed by atoms with Crippen LogP contribution in [0.4, 0.5) is 4.39 Å². The number of hydrogen-bond donors (Lipinski definition) is 3. The standard InChI is InChI=1S/C27H28FN3O3/c1-18-7-11-21(12-8-18)27(34)31-24(20-5-3-2-4-6-20)16-25(32)30-17-22(26(29)33)15-19-9-13-23(28)14-10-19/h2-14,22,24H,15-17H2,1H3,(H2,29,33)(H,30,32)(H,31,34). The molecule has 6 nitrogen and oxygen atoms in total. The number of aryl methyl sites for hydroxylation is 1. The largest absolute Gasteiger partial charge is 0.369 e. The molecular weight excluding hydrogens is 433 g/mol. The first kappa shape index (κ1) is 24.6. The van der Waals surface area contributed by atoms with E-state index in [0.29, 0.717) is 5.56 Å². The molecule has 0 spiro atoms. The van der Waals surface area contributed by atoms with Gasteiger partial charge in [-0.2, -0.15) is 0 Å². The topological polar surface area (TPSA) is 101 Å². The van der Waals surface area contributed by atoms with Gasteiger partial charge in [-0.05, 0) is 48.7 Å². The highest BCUT2D eigenvalue weighted by molar-refractivity contribution is 5.94. The minimum absolute atomic E-state index is 0.0103. The number of nitrogens with two attached hydrogens (primary N) is 1. The molecule has 34 heavy (non-hydrogen) atoms. The molecule has 2 atom stereocenters. The maximum atomic E-state index is 13.1. The number of carbonyl (C=O) groups excluding carboxylic acids is 3. The van der Waals surface area contributed by atoms with Crippen molar-refractivity contribution >= 4 is 17.7 Å². The third-order valence-electron chi connectivity index (χ3n) is 5.55. The maximum Gasteiger partial charge on any atom is 0.251 e. The van der Waals surface area contributed by atoms with E-state index in [9.17, 15) is 18.8 Å². The van der Waals surface area contributed by atoms with Gasteiger partial charge in [-0.15, -0.1) is 0 Å². The third kappa shape index (κ3) is 7.27. The molecule has 3 amide bonds. The normalized spacial score (nSPS) is 12.4. The van der Waals surface area contributed by atoms with Crippen molar-refractivity contribution < 1.29 is 18.8 Å². The Balaban J connectivity index is 1.64. The van der Waals surface area contributed by atoms with Crippen molar-refractivity contribution in [2.45, 2.75) is 25.8 Å². The lowest BCUT2D eigenvalue weighted by Crippen LogP contribution is -2.39. The van der Waals surface area contributed by atoms with E-state index in [0.717, 1.165) is 16.7 Å². The van der Waals surface area contributed by atoms with Gasteiger partial charge >= 0.3 is 0 Å². The molecule has 4 N–H and O–H groups in total. The third-order valence-corrected chi connectivity index (χ3v) is 5.55. The van der Waals surface area contributed by atoms with Crippen molar-refractivity contribution in [3.05, 3.63) is 107 Å². The van der Waals surface area contributed by atoms with Crippen LogP contribution < -0.4 is 16.4 Å². The van der Waals surface area contributed by atoms with E-state index in [1.807, 2.05) is 49.4 Å². The Morgan fingerprint density at radius 3 is 2.18 bits per heavy atom. The summed E-state index contributed by atoms with van der Waals surface area (Å²) in [5.41, 5.74) is 8.58. The molecule has 2 unspecified atom stereocenters. The Bertz CT molecular complexity index is 1120. The Morgan fingerprint density at radius 2 is 1.56 bits per heavy atom. The lowest BCUT2D eigenvalue weighted by molar-refractivity contribution is -0.123. The molecule has 0 heterocycles. The summed E-state index contributed by atoms with van der Waals surface area (Å²) in [6, 6.07) is 21.6. The van der Waals surface area contributed by atoms with Gasteiger partial charge in [0.15, 0.2) is 0 Å². The molecule has 0 radical (unpaired) electrons. The molecule has 3 aromatic rings. The summed E-state index contributed by atoms with van der Waals surface area (Å²) in [6.07, 6.45) is 0.270. The van der Waals surface area contributed by atoms with E-state index in [1.54, 1.807) is 24.3 Å². The average Bonchev–Trinajstić information content (AvgIpc) is 2.83. The molecule has 0 bridgehead atoms. The maximum absolute atomic E-state index is 13.1. The van der Waals surface area contributed by atoms with E-state index in [4.69, 9.17) is 5.73 Å². The summed E-state index contributed by atoms with van der Waals surface area (Å²) in [5, 5.41) is 5.68. The van der Waals surface area contributed by atoms with Crippen molar-refractivity contribution in [3.63, 3.8) is 0 Å². The highest BCUT2D eigenvalue weighted by Crippen LogP contribution is 2.18. The first-order valence-corrected chi connectivity index (χ1v) is 11.0. The van der Waals surface area contributed by atoms with Crippen molar-refractivity contribution in [1.82, 2.24) is 10.6 Å². The molecule has 0 aliphatic rings.